The Morgan fingerprint density at radius 1 is 1.23 bits per heavy atom. The lowest BCUT2D eigenvalue weighted by Gasteiger charge is -2.11. The van der Waals surface area contributed by atoms with E-state index in [1.165, 1.54) is 11.8 Å². The fourth-order valence-corrected chi connectivity index (χ4v) is 3.87. The minimum atomic E-state index is -0.379. The molecule has 4 rings (SSSR count). The minimum Gasteiger partial charge on any atom is -0.493 e. The number of amides is 2. The summed E-state index contributed by atoms with van der Waals surface area (Å²) in [6.07, 6.45) is 1.99. The predicted molar refractivity (Wildman–Crippen MR) is 115 cm³/mol. The molecule has 9 nitrogen and oxygen atoms in total. The molecule has 158 valence electrons. The zero-order chi connectivity index (χ0) is 21.1. The van der Waals surface area contributed by atoms with E-state index in [-0.39, 0.29) is 30.9 Å². The first kappa shape index (κ1) is 20.0. The van der Waals surface area contributed by atoms with Crippen molar-refractivity contribution in [3.63, 3.8) is 0 Å². The Kier molecular flexibility index (Phi) is 5.75. The van der Waals surface area contributed by atoms with Gasteiger partial charge in [0.15, 0.2) is 17.3 Å². The van der Waals surface area contributed by atoms with Gasteiger partial charge in [-0.25, -0.2) is 14.3 Å². The van der Waals surface area contributed by atoms with E-state index in [1.807, 2.05) is 17.5 Å². The van der Waals surface area contributed by atoms with Crippen molar-refractivity contribution >= 4 is 23.1 Å². The maximum absolute atomic E-state index is 12.8. The highest BCUT2D eigenvalue weighted by Crippen LogP contribution is 2.37. The molecule has 0 unspecified atom stereocenters. The Hall–Kier alpha value is -3.27. The highest BCUT2D eigenvalue weighted by molar-refractivity contribution is 7.13. The van der Waals surface area contributed by atoms with Crippen LogP contribution < -0.4 is 25.8 Å². The Morgan fingerprint density at radius 2 is 2.03 bits per heavy atom. The summed E-state index contributed by atoms with van der Waals surface area (Å²) in [6.45, 7) is 0.556. The van der Waals surface area contributed by atoms with Crippen LogP contribution in [0, 0.1) is 0 Å². The van der Waals surface area contributed by atoms with E-state index >= 15 is 0 Å². The highest BCUT2D eigenvalue weighted by atomic mass is 32.1. The molecule has 0 spiro atoms. The molecule has 3 aromatic rings. The molecule has 1 saturated carbocycles. The molecular formula is C20H23N5O4S. The Labute approximate surface area is 177 Å². The third-order valence-corrected chi connectivity index (χ3v) is 5.64. The van der Waals surface area contributed by atoms with Crippen LogP contribution in [0.4, 0.5) is 10.5 Å². The SMILES string of the molecule is COc1ccc(NC(=O)NCCn2nc(-c3cccs3)n(C3CC3)c2=O)cc1OC. The van der Waals surface area contributed by atoms with Gasteiger partial charge in [0.2, 0.25) is 0 Å². The van der Waals surface area contributed by atoms with Gasteiger partial charge in [-0.15, -0.1) is 16.4 Å². The number of aromatic nitrogens is 3. The summed E-state index contributed by atoms with van der Waals surface area (Å²) >= 11 is 1.56. The van der Waals surface area contributed by atoms with Gasteiger partial charge in [-0.2, -0.15) is 0 Å². The number of urea groups is 1. The molecule has 0 radical (unpaired) electrons. The lowest BCUT2D eigenvalue weighted by molar-refractivity contribution is 0.251. The number of methoxy groups -OCH3 is 2. The van der Waals surface area contributed by atoms with Crippen molar-refractivity contribution in [3.05, 3.63) is 46.2 Å². The average molecular weight is 430 g/mol. The van der Waals surface area contributed by atoms with Gasteiger partial charge in [0.1, 0.15) is 0 Å². The first-order valence-corrected chi connectivity index (χ1v) is 10.5. The first-order chi connectivity index (χ1) is 14.6. The number of nitrogens with one attached hydrogen (secondary N) is 2. The fraction of sp³-hybridized carbons (Fsp3) is 0.350. The van der Waals surface area contributed by atoms with Gasteiger partial charge < -0.3 is 20.1 Å². The largest absolute Gasteiger partial charge is 0.493 e. The molecule has 30 heavy (non-hydrogen) atoms. The van der Waals surface area contributed by atoms with Crippen molar-refractivity contribution < 1.29 is 14.3 Å². The summed E-state index contributed by atoms with van der Waals surface area (Å²) in [4.78, 5) is 26.0. The first-order valence-electron chi connectivity index (χ1n) is 9.61. The van der Waals surface area contributed by atoms with Gasteiger partial charge in [-0.1, -0.05) is 6.07 Å². The number of carbonyl (C=O) groups excluding carboxylic acids is 1. The molecule has 1 aromatic carbocycles. The quantitative estimate of drug-likeness (QED) is 0.574. The van der Waals surface area contributed by atoms with Crippen molar-refractivity contribution in [2.45, 2.75) is 25.4 Å². The van der Waals surface area contributed by atoms with Crippen LogP contribution in [0.5, 0.6) is 11.5 Å². The average Bonchev–Trinajstić information content (AvgIpc) is 3.32. The molecule has 10 heteroatoms. The third-order valence-electron chi connectivity index (χ3n) is 4.77. The Bertz CT molecular complexity index is 1090. The van der Waals surface area contributed by atoms with Crippen LogP contribution in [0.2, 0.25) is 0 Å². The van der Waals surface area contributed by atoms with E-state index in [9.17, 15) is 9.59 Å². The second kappa shape index (κ2) is 8.62. The number of thiophene rings is 1. The van der Waals surface area contributed by atoms with Crippen LogP contribution in [0.25, 0.3) is 10.7 Å². The standard InChI is InChI=1S/C20H23N5O4S/c1-28-15-8-5-13(12-16(15)29-2)22-19(26)21-9-10-24-20(27)25(14-6-7-14)18(23-24)17-4-3-11-30-17/h3-5,8,11-12,14H,6-7,9-10H2,1-2H3,(H2,21,22,26). The van der Waals surface area contributed by atoms with Crippen LogP contribution >= 0.6 is 11.3 Å². The summed E-state index contributed by atoms with van der Waals surface area (Å²) < 4.78 is 13.6. The lowest BCUT2D eigenvalue weighted by Crippen LogP contribution is -2.34. The summed E-state index contributed by atoms with van der Waals surface area (Å²) in [5, 5.41) is 12.0. The monoisotopic (exact) mass is 429 g/mol. The van der Waals surface area contributed by atoms with Crippen LogP contribution in [0.3, 0.4) is 0 Å². The summed E-state index contributed by atoms with van der Waals surface area (Å²) in [5.74, 6) is 1.80. The second-order valence-electron chi connectivity index (χ2n) is 6.86. The van der Waals surface area contributed by atoms with Gasteiger partial charge in [0, 0.05) is 24.3 Å². The fourth-order valence-electron chi connectivity index (χ4n) is 3.17. The zero-order valence-electron chi connectivity index (χ0n) is 16.8. The lowest BCUT2D eigenvalue weighted by atomic mass is 10.3. The number of nitrogens with zero attached hydrogens (tertiary/aromatic N) is 3. The van der Waals surface area contributed by atoms with E-state index in [2.05, 4.69) is 15.7 Å². The van der Waals surface area contributed by atoms with Crippen LogP contribution in [0.1, 0.15) is 18.9 Å². The molecule has 0 bridgehead atoms. The third kappa shape index (κ3) is 4.18. The summed E-state index contributed by atoms with van der Waals surface area (Å²) in [7, 11) is 3.08. The number of hydrogen-bond acceptors (Lipinski definition) is 6. The smallest absolute Gasteiger partial charge is 0.346 e. The molecule has 2 amide bonds. The summed E-state index contributed by atoms with van der Waals surface area (Å²) in [5.41, 5.74) is 0.434. The number of hydrogen-bond donors (Lipinski definition) is 2. The Balaban J connectivity index is 1.38. The molecule has 2 heterocycles. The minimum absolute atomic E-state index is 0.136. The van der Waals surface area contributed by atoms with E-state index in [4.69, 9.17) is 9.47 Å². The van der Waals surface area contributed by atoms with Crippen LogP contribution in [-0.2, 0) is 6.54 Å². The second-order valence-corrected chi connectivity index (χ2v) is 7.81. The van der Waals surface area contributed by atoms with Crippen molar-refractivity contribution in [1.82, 2.24) is 19.7 Å². The molecule has 0 aliphatic heterocycles. The Morgan fingerprint density at radius 3 is 2.70 bits per heavy atom. The van der Waals surface area contributed by atoms with Gasteiger partial charge in [-0.05, 0) is 36.4 Å². The van der Waals surface area contributed by atoms with Crippen LogP contribution in [-0.4, -0.2) is 41.1 Å². The van der Waals surface area contributed by atoms with Crippen molar-refractivity contribution in [1.29, 1.82) is 0 Å². The van der Waals surface area contributed by atoms with E-state index in [1.54, 1.807) is 41.2 Å². The van der Waals surface area contributed by atoms with E-state index < -0.39 is 0 Å². The van der Waals surface area contributed by atoms with Crippen molar-refractivity contribution in [3.8, 4) is 22.2 Å². The number of rotatable bonds is 8. The molecule has 2 aromatic heterocycles. The highest BCUT2D eigenvalue weighted by Gasteiger charge is 2.30. The topological polar surface area (TPSA) is 99.4 Å². The van der Waals surface area contributed by atoms with Gasteiger partial charge in [-0.3, -0.25) is 4.57 Å². The van der Waals surface area contributed by atoms with Crippen LogP contribution in [0.15, 0.2) is 40.5 Å². The molecule has 0 saturated heterocycles. The number of ether oxygens (including phenoxy) is 2. The summed E-state index contributed by atoms with van der Waals surface area (Å²) in [6, 6.07) is 8.86. The predicted octanol–water partition coefficient (Wildman–Crippen LogP) is 2.95. The number of carbonyl (C=O) groups is 1. The molecule has 0 atom stereocenters. The van der Waals surface area contributed by atoms with Crippen molar-refractivity contribution in [2.75, 3.05) is 26.1 Å². The maximum atomic E-state index is 12.8. The molecule has 1 aliphatic rings. The van der Waals surface area contributed by atoms with E-state index in [0.29, 0.717) is 23.0 Å². The van der Waals surface area contributed by atoms with Crippen molar-refractivity contribution in [2.24, 2.45) is 0 Å². The normalized spacial score (nSPS) is 13.1. The van der Waals surface area contributed by atoms with E-state index in [0.717, 1.165) is 17.7 Å². The number of benzene rings is 1. The molecule has 2 N–H and O–H groups in total. The molecular weight excluding hydrogens is 406 g/mol. The molecule has 1 aliphatic carbocycles. The van der Waals surface area contributed by atoms with Gasteiger partial charge in [0.25, 0.3) is 0 Å². The number of anilines is 1. The van der Waals surface area contributed by atoms with Gasteiger partial charge >= 0.3 is 11.7 Å². The van der Waals surface area contributed by atoms with Gasteiger partial charge in [0.05, 0.1) is 25.6 Å². The zero-order valence-corrected chi connectivity index (χ0v) is 17.6. The maximum Gasteiger partial charge on any atom is 0.346 e. The molecule has 1 fully saturated rings.